The van der Waals surface area contributed by atoms with Gasteiger partial charge in [-0.3, -0.25) is 9.89 Å². The van der Waals surface area contributed by atoms with Crippen molar-refractivity contribution < 1.29 is 4.79 Å². The first-order valence-corrected chi connectivity index (χ1v) is 7.32. The lowest BCUT2D eigenvalue weighted by Crippen LogP contribution is -2.20. The van der Waals surface area contributed by atoms with Crippen molar-refractivity contribution in [3.8, 4) is 0 Å². The molecule has 1 heterocycles. The molecule has 0 fully saturated rings. The molecule has 2 aromatic rings. The third-order valence-electron chi connectivity index (χ3n) is 3.21. The van der Waals surface area contributed by atoms with Gasteiger partial charge in [-0.25, -0.2) is 5.43 Å². The maximum Gasteiger partial charge on any atom is 0.291 e. The van der Waals surface area contributed by atoms with Gasteiger partial charge in [0.2, 0.25) is 0 Å². The van der Waals surface area contributed by atoms with Crippen LogP contribution in [-0.2, 0) is 5.41 Å². The van der Waals surface area contributed by atoms with Crippen LogP contribution < -0.4 is 5.43 Å². The maximum atomic E-state index is 12.1. The van der Waals surface area contributed by atoms with Gasteiger partial charge >= 0.3 is 0 Å². The molecule has 0 aliphatic carbocycles. The average molecular weight is 319 g/mol. The number of benzene rings is 1. The van der Waals surface area contributed by atoms with Crippen LogP contribution in [-0.4, -0.2) is 21.8 Å². The number of nitrogens with one attached hydrogen (secondary N) is 2. The standard InChI is InChI=1S/C16H19ClN4O/c1-10(11-7-5-6-8-12(11)17)18-21-15(22)13-9-14(20-19-13)16(2,3)4/h5-9H,1-4H3,(H,19,20)(H,21,22). The molecule has 0 radical (unpaired) electrons. The number of aromatic nitrogens is 2. The fourth-order valence-corrected chi connectivity index (χ4v) is 2.10. The summed E-state index contributed by atoms with van der Waals surface area (Å²) in [6.45, 7) is 7.92. The molecule has 116 valence electrons. The van der Waals surface area contributed by atoms with Crippen LogP contribution in [0.25, 0.3) is 0 Å². The number of carbonyl (C=O) groups excluding carboxylic acids is 1. The largest absolute Gasteiger partial charge is 0.291 e. The van der Waals surface area contributed by atoms with Crippen molar-refractivity contribution in [2.75, 3.05) is 0 Å². The number of H-pyrrole nitrogens is 1. The molecule has 6 heteroatoms. The van der Waals surface area contributed by atoms with Crippen molar-refractivity contribution in [3.63, 3.8) is 0 Å². The topological polar surface area (TPSA) is 70.1 Å². The number of nitrogens with zero attached hydrogens (tertiary/aromatic N) is 2. The SMILES string of the molecule is CC(=NNC(=O)c1cc(C(C)(C)C)[nH]n1)c1ccccc1Cl. The Morgan fingerprint density at radius 3 is 2.59 bits per heavy atom. The molecule has 2 rings (SSSR count). The average Bonchev–Trinajstić information content (AvgIpc) is 2.95. The van der Waals surface area contributed by atoms with Crippen LogP contribution in [0.1, 0.15) is 49.4 Å². The lowest BCUT2D eigenvalue weighted by atomic mass is 9.92. The van der Waals surface area contributed by atoms with Crippen molar-refractivity contribution in [3.05, 3.63) is 52.3 Å². The third-order valence-corrected chi connectivity index (χ3v) is 3.54. The molecule has 0 bridgehead atoms. The lowest BCUT2D eigenvalue weighted by Gasteiger charge is -2.14. The van der Waals surface area contributed by atoms with Crippen molar-refractivity contribution >= 4 is 23.2 Å². The molecule has 0 unspecified atom stereocenters. The smallest absolute Gasteiger partial charge is 0.281 e. The molecule has 2 N–H and O–H groups in total. The molecule has 0 atom stereocenters. The first-order valence-electron chi connectivity index (χ1n) is 6.94. The molecule has 0 spiro atoms. The second kappa shape index (κ2) is 6.32. The Morgan fingerprint density at radius 1 is 1.32 bits per heavy atom. The summed E-state index contributed by atoms with van der Waals surface area (Å²) in [5.74, 6) is -0.363. The Hall–Kier alpha value is -2.14. The fourth-order valence-electron chi connectivity index (χ4n) is 1.83. The number of rotatable bonds is 3. The van der Waals surface area contributed by atoms with Gasteiger partial charge in [-0.05, 0) is 19.1 Å². The second-order valence-electron chi connectivity index (χ2n) is 6.03. The number of amides is 1. The van der Waals surface area contributed by atoms with Crippen LogP contribution in [0.4, 0.5) is 0 Å². The van der Waals surface area contributed by atoms with Crippen LogP contribution in [0.15, 0.2) is 35.4 Å². The predicted octanol–water partition coefficient (Wildman–Crippen LogP) is 3.51. The molecule has 0 aliphatic heterocycles. The first kappa shape index (κ1) is 16.2. The van der Waals surface area contributed by atoms with E-state index in [-0.39, 0.29) is 11.3 Å². The van der Waals surface area contributed by atoms with E-state index in [4.69, 9.17) is 11.6 Å². The van der Waals surface area contributed by atoms with Crippen molar-refractivity contribution in [2.45, 2.75) is 33.1 Å². The van der Waals surface area contributed by atoms with E-state index in [2.05, 4.69) is 20.7 Å². The minimum absolute atomic E-state index is 0.0950. The summed E-state index contributed by atoms with van der Waals surface area (Å²) in [5, 5.41) is 11.6. The number of halogens is 1. The van der Waals surface area contributed by atoms with Crippen LogP contribution in [0.5, 0.6) is 0 Å². The second-order valence-corrected chi connectivity index (χ2v) is 6.44. The highest BCUT2D eigenvalue weighted by atomic mass is 35.5. The van der Waals surface area contributed by atoms with Crippen LogP contribution >= 0.6 is 11.6 Å². The Labute approximate surface area is 134 Å². The molecule has 22 heavy (non-hydrogen) atoms. The van der Waals surface area contributed by atoms with Gasteiger partial charge in [-0.15, -0.1) is 0 Å². The quantitative estimate of drug-likeness (QED) is 0.671. The minimum Gasteiger partial charge on any atom is -0.281 e. The maximum absolute atomic E-state index is 12.1. The normalized spacial score (nSPS) is 12.3. The zero-order valence-corrected chi connectivity index (χ0v) is 13.8. The van der Waals surface area contributed by atoms with Gasteiger partial charge in [0.15, 0.2) is 5.69 Å². The zero-order valence-electron chi connectivity index (χ0n) is 13.1. The molecule has 1 aromatic heterocycles. The summed E-state index contributed by atoms with van der Waals surface area (Å²) in [6, 6.07) is 9.07. The van der Waals surface area contributed by atoms with Gasteiger partial charge in [-0.1, -0.05) is 50.6 Å². The van der Waals surface area contributed by atoms with E-state index in [1.54, 1.807) is 19.1 Å². The third kappa shape index (κ3) is 3.74. The van der Waals surface area contributed by atoms with E-state index in [0.29, 0.717) is 16.4 Å². The van der Waals surface area contributed by atoms with Gasteiger partial charge in [0, 0.05) is 21.7 Å². The van der Waals surface area contributed by atoms with Gasteiger partial charge in [0.25, 0.3) is 5.91 Å². The molecule has 5 nitrogen and oxygen atoms in total. The summed E-state index contributed by atoms with van der Waals surface area (Å²) in [4.78, 5) is 12.1. The Morgan fingerprint density at radius 2 is 2.00 bits per heavy atom. The highest BCUT2D eigenvalue weighted by Crippen LogP contribution is 2.20. The predicted molar refractivity (Wildman–Crippen MR) is 88.4 cm³/mol. The van der Waals surface area contributed by atoms with Crippen molar-refractivity contribution in [1.29, 1.82) is 0 Å². The van der Waals surface area contributed by atoms with Crippen molar-refractivity contribution in [2.24, 2.45) is 5.10 Å². The summed E-state index contributed by atoms with van der Waals surface area (Å²) in [7, 11) is 0. The Balaban J connectivity index is 2.11. The highest BCUT2D eigenvalue weighted by Gasteiger charge is 2.19. The fraction of sp³-hybridized carbons (Fsp3) is 0.312. The molecule has 1 amide bonds. The summed E-state index contributed by atoms with van der Waals surface area (Å²) >= 11 is 6.09. The first-order chi connectivity index (χ1) is 10.3. The number of hydrogen-bond donors (Lipinski definition) is 2. The molecule has 0 saturated heterocycles. The van der Waals surface area contributed by atoms with E-state index in [0.717, 1.165) is 11.3 Å². The van der Waals surface area contributed by atoms with Crippen LogP contribution in [0.2, 0.25) is 5.02 Å². The number of aromatic amines is 1. The number of hydrogen-bond acceptors (Lipinski definition) is 3. The summed E-state index contributed by atoms with van der Waals surface area (Å²) in [5.41, 5.74) is 5.01. The van der Waals surface area contributed by atoms with Gasteiger partial charge in [0.05, 0.1) is 5.71 Å². The van der Waals surface area contributed by atoms with Crippen LogP contribution in [0, 0.1) is 0 Å². The van der Waals surface area contributed by atoms with E-state index < -0.39 is 0 Å². The molecule has 0 saturated carbocycles. The van der Waals surface area contributed by atoms with Gasteiger partial charge < -0.3 is 0 Å². The highest BCUT2D eigenvalue weighted by molar-refractivity contribution is 6.34. The lowest BCUT2D eigenvalue weighted by molar-refractivity contribution is 0.0950. The number of carbonyl (C=O) groups is 1. The molecule has 0 aliphatic rings. The van der Waals surface area contributed by atoms with E-state index in [1.165, 1.54) is 0 Å². The minimum atomic E-state index is -0.363. The monoisotopic (exact) mass is 318 g/mol. The van der Waals surface area contributed by atoms with E-state index in [1.807, 2.05) is 39.0 Å². The summed E-state index contributed by atoms with van der Waals surface area (Å²) < 4.78 is 0. The van der Waals surface area contributed by atoms with E-state index in [9.17, 15) is 4.79 Å². The number of hydrazone groups is 1. The van der Waals surface area contributed by atoms with Crippen molar-refractivity contribution in [1.82, 2.24) is 15.6 Å². The van der Waals surface area contributed by atoms with Gasteiger partial charge in [0.1, 0.15) is 0 Å². The Kier molecular flexibility index (Phi) is 4.66. The van der Waals surface area contributed by atoms with Crippen LogP contribution in [0.3, 0.4) is 0 Å². The van der Waals surface area contributed by atoms with E-state index >= 15 is 0 Å². The zero-order chi connectivity index (χ0) is 16.3. The molecular weight excluding hydrogens is 300 g/mol. The summed E-state index contributed by atoms with van der Waals surface area (Å²) in [6.07, 6.45) is 0. The Bertz CT molecular complexity index is 713. The molecule has 1 aromatic carbocycles. The molecular formula is C16H19ClN4O. The van der Waals surface area contributed by atoms with Gasteiger partial charge in [-0.2, -0.15) is 10.2 Å².